The zero-order valence-electron chi connectivity index (χ0n) is 13.5. The minimum atomic E-state index is 0.0348. The summed E-state index contributed by atoms with van der Waals surface area (Å²) in [6.45, 7) is 3.38. The molecule has 1 atom stereocenters. The fourth-order valence-corrected chi connectivity index (χ4v) is 2.86. The van der Waals surface area contributed by atoms with E-state index < -0.39 is 0 Å². The summed E-state index contributed by atoms with van der Waals surface area (Å²) >= 11 is 0. The molecule has 23 heavy (non-hydrogen) atoms. The van der Waals surface area contributed by atoms with Gasteiger partial charge >= 0.3 is 0 Å². The molecule has 3 rings (SSSR count). The fraction of sp³-hybridized carbons (Fsp3) is 0.471. The maximum atomic E-state index is 12.7. The minimum absolute atomic E-state index is 0.0348. The van der Waals surface area contributed by atoms with Gasteiger partial charge in [0.1, 0.15) is 5.75 Å². The van der Waals surface area contributed by atoms with Crippen molar-refractivity contribution in [1.29, 1.82) is 0 Å². The number of piperidine rings is 1. The van der Waals surface area contributed by atoms with Crippen LogP contribution in [-0.4, -0.2) is 41.1 Å². The van der Waals surface area contributed by atoms with Crippen molar-refractivity contribution < 1.29 is 14.1 Å². The highest BCUT2D eigenvalue weighted by molar-refractivity contribution is 5.94. The summed E-state index contributed by atoms with van der Waals surface area (Å²) in [6, 6.07) is 7.21. The first-order valence-corrected chi connectivity index (χ1v) is 7.97. The average Bonchev–Trinajstić information content (AvgIpc) is 3.10. The van der Waals surface area contributed by atoms with Crippen molar-refractivity contribution in [3.63, 3.8) is 0 Å². The second-order valence-corrected chi connectivity index (χ2v) is 5.72. The number of likely N-dealkylation sites (tertiary alicyclic amines) is 1. The van der Waals surface area contributed by atoms with Crippen LogP contribution >= 0.6 is 0 Å². The molecule has 2 heterocycles. The predicted octanol–water partition coefficient (Wildman–Crippen LogP) is 2.66. The van der Waals surface area contributed by atoms with Gasteiger partial charge in [0.05, 0.1) is 13.0 Å². The topological polar surface area (TPSA) is 68.5 Å². The zero-order chi connectivity index (χ0) is 16.2. The van der Waals surface area contributed by atoms with Crippen LogP contribution in [0.5, 0.6) is 5.75 Å². The molecule has 0 radical (unpaired) electrons. The van der Waals surface area contributed by atoms with Crippen molar-refractivity contribution in [2.24, 2.45) is 0 Å². The first kappa shape index (κ1) is 15.5. The van der Waals surface area contributed by atoms with Crippen molar-refractivity contribution in [3.8, 4) is 5.75 Å². The number of ether oxygens (including phenoxy) is 1. The smallest absolute Gasteiger partial charge is 0.253 e. The average molecular weight is 315 g/mol. The number of carbonyl (C=O) groups excluding carboxylic acids is 1. The molecule has 1 amide bonds. The summed E-state index contributed by atoms with van der Waals surface area (Å²) < 4.78 is 10.5. The van der Waals surface area contributed by atoms with E-state index in [9.17, 15) is 4.79 Å². The van der Waals surface area contributed by atoms with Crippen molar-refractivity contribution in [1.82, 2.24) is 15.0 Å². The SMILES string of the molecule is CCc1noc([C@@H]2CCCN(C(=O)c3ccc(OC)cc3)C2)n1. The van der Waals surface area contributed by atoms with E-state index >= 15 is 0 Å². The molecule has 0 spiro atoms. The summed E-state index contributed by atoms with van der Waals surface area (Å²) in [5, 5.41) is 3.95. The molecule has 6 heteroatoms. The summed E-state index contributed by atoms with van der Waals surface area (Å²) in [6.07, 6.45) is 2.67. The summed E-state index contributed by atoms with van der Waals surface area (Å²) in [4.78, 5) is 18.9. The number of amides is 1. The number of hydrogen-bond acceptors (Lipinski definition) is 5. The van der Waals surface area contributed by atoms with E-state index in [-0.39, 0.29) is 11.8 Å². The third-order valence-corrected chi connectivity index (χ3v) is 4.19. The third kappa shape index (κ3) is 3.36. The lowest BCUT2D eigenvalue weighted by atomic mass is 9.97. The number of hydrogen-bond donors (Lipinski definition) is 0. The summed E-state index contributed by atoms with van der Waals surface area (Å²) in [7, 11) is 1.61. The van der Waals surface area contributed by atoms with E-state index in [1.54, 1.807) is 31.4 Å². The monoisotopic (exact) mass is 315 g/mol. The van der Waals surface area contributed by atoms with Gasteiger partial charge in [0, 0.05) is 25.1 Å². The van der Waals surface area contributed by atoms with Crippen LogP contribution in [0.4, 0.5) is 0 Å². The first-order valence-electron chi connectivity index (χ1n) is 7.97. The maximum Gasteiger partial charge on any atom is 0.253 e. The third-order valence-electron chi connectivity index (χ3n) is 4.19. The van der Waals surface area contributed by atoms with Crippen molar-refractivity contribution >= 4 is 5.91 Å². The highest BCUT2D eigenvalue weighted by Gasteiger charge is 2.28. The lowest BCUT2D eigenvalue weighted by molar-refractivity contribution is 0.0695. The Morgan fingerprint density at radius 1 is 1.39 bits per heavy atom. The Morgan fingerprint density at radius 2 is 2.17 bits per heavy atom. The molecule has 1 saturated heterocycles. The second-order valence-electron chi connectivity index (χ2n) is 5.72. The van der Waals surface area contributed by atoms with Crippen LogP contribution in [0.1, 0.15) is 47.8 Å². The lowest BCUT2D eigenvalue weighted by Crippen LogP contribution is -2.39. The van der Waals surface area contributed by atoms with E-state index in [0.29, 0.717) is 18.0 Å². The molecule has 1 aromatic carbocycles. The van der Waals surface area contributed by atoms with Crippen LogP contribution in [0.25, 0.3) is 0 Å². The summed E-state index contributed by atoms with van der Waals surface area (Å²) in [5.74, 6) is 2.27. The zero-order valence-corrected chi connectivity index (χ0v) is 13.5. The fourth-order valence-electron chi connectivity index (χ4n) is 2.86. The molecule has 1 fully saturated rings. The highest BCUT2D eigenvalue weighted by atomic mass is 16.5. The van der Waals surface area contributed by atoms with Crippen LogP contribution in [-0.2, 0) is 6.42 Å². The van der Waals surface area contributed by atoms with Crippen LogP contribution in [0.2, 0.25) is 0 Å². The van der Waals surface area contributed by atoms with Gasteiger partial charge in [-0.25, -0.2) is 0 Å². The van der Waals surface area contributed by atoms with Gasteiger partial charge in [-0.3, -0.25) is 4.79 Å². The van der Waals surface area contributed by atoms with Crippen molar-refractivity contribution in [2.75, 3.05) is 20.2 Å². The van der Waals surface area contributed by atoms with Crippen molar-refractivity contribution in [3.05, 3.63) is 41.5 Å². The molecule has 2 aromatic rings. The van der Waals surface area contributed by atoms with Crippen LogP contribution in [0, 0.1) is 0 Å². The number of methoxy groups -OCH3 is 1. The van der Waals surface area contributed by atoms with Crippen molar-refractivity contribution in [2.45, 2.75) is 32.1 Å². The first-order chi connectivity index (χ1) is 11.2. The van der Waals surface area contributed by atoms with E-state index in [4.69, 9.17) is 9.26 Å². The molecule has 0 unspecified atom stereocenters. The van der Waals surface area contributed by atoms with E-state index in [1.807, 2.05) is 11.8 Å². The van der Waals surface area contributed by atoms with Gasteiger partial charge in [0.15, 0.2) is 5.82 Å². The Labute approximate surface area is 135 Å². The normalized spacial score (nSPS) is 18.0. The molecule has 1 aromatic heterocycles. The molecular formula is C17H21N3O3. The Kier molecular flexibility index (Phi) is 4.60. The Morgan fingerprint density at radius 3 is 2.83 bits per heavy atom. The molecule has 0 aliphatic carbocycles. The molecule has 0 N–H and O–H groups in total. The summed E-state index contributed by atoms with van der Waals surface area (Å²) in [5.41, 5.74) is 0.672. The number of aryl methyl sites for hydroxylation is 1. The number of carbonyl (C=O) groups is 1. The number of nitrogens with zero attached hydrogens (tertiary/aromatic N) is 3. The number of rotatable bonds is 4. The molecule has 122 valence electrons. The van der Waals surface area contributed by atoms with E-state index in [0.717, 1.165) is 37.4 Å². The molecule has 6 nitrogen and oxygen atoms in total. The van der Waals surface area contributed by atoms with Gasteiger partial charge in [0.25, 0.3) is 5.91 Å². The Hall–Kier alpha value is -2.37. The second kappa shape index (κ2) is 6.81. The Bertz CT molecular complexity index is 666. The number of benzene rings is 1. The Balaban J connectivity index is 1.70. The van der Waals surface area contributed by atoms with Gasteiger partial charge in [0.2, 0.25) is 5.89 Å². The lowest BCUT2D eigenvalue weighted by Gasteiger charge is -2.31. The molecule has 0 bridgehead atoms. The van der Waals surface area contributed by atoms with Gasteiger partial charge < -0.3 is 14.2 Å². The maximum absolute atomic E-state index is 12.7. The van der Waals surface area contributed by atoms with Gasteiger partial charge in [-0.15, -0.1) is 0 Å². The quantitative estimate of drug-likeness (QED) is 0.867. The minimum Gasteiger partial charge on any atom is -0.497 e. The molecular weight excluding hydrogens is 294 g/mol. The van der Waals surface area contributed by atoms with E-state index in [1.165, 1.54) is 0 Å². The van der Waals surface area contributed by atoms with Crippen LogP contribution < -0.4 is 4.74 Å². The van der Waals surface area contributed by atoms with Gasteiger partial charge in [-0.1, -0.05) is 12.1 Å². The molecule has 0 saturated carbocycles. The largest absolute Gasteiger partial charge is 0.497 e. The number of aromatic nitrogens is 2. The molecule has 1 aliphatic heterocycles. The van der Waals surface area contributed by atoms with Gasteiger partial charge in [-0.05, 0) is 37.1 Å². The van der Waals surface area contributed by atoms with E-state index in [2.05, 4.69) is 10.1 Å². The standard InChI is InChI=1S/C17H21N3O3/c1-3-15-18-16(23-19-15)13-5-4-10-20(11-13)17(21)12-6-8-14(22-2)9-7-12/h6-9,13H,3-5,10-11H2,1-2H3/t13-/m1/s1. The van der Waals surface area contributed by atoms with Crippen LogP contribution in [0.3, 0.4) is 0 Å². The molecule has 1 aliphatic rings. The van der Waals surface area contributed by atoms with Crippen LogP contribution in [0.15, 0.2) is 28.8 Å². The predicted molar refractivity (Wildman–Crippen MR) is 84.5 cm³/mol. The van der Waals surface area contributed by atoms with Gasteiger partial charge in [-0.2, -0.15) is 4.98 Å². The highest BCUT2D eigenvalue weighted by Crippen LogP contribution is 2.27.